The van der Waals surface area contributed by atoms with Crippen molar-refractivity contribution in [3.8, 4) is 0 Å². The Morgan fingerprint density at radius 2 is 2.16 bits per heavy atom. The van der Waals surface area contributed by atoms with Crippen molar-refractivity contribution in [3.63, 3.8) is 0 Å². The summed E-state index contributed by atoms with van der Waals surface area (Å²) in [4.78, 5) is 11.9. The number of nitrogens with one attached hydrogen (secondary N) is 2. The van der Waals surface area contributed by atoms with Gasteiger partial charge >= 0.3 is 6.03 Å². The number of urea groups is 1. The average molecular weight is 274 g/mol. The first-order chi connectivity index (χ1) is 9.24. The third-order valence-electron chi connectivity index (χ3n) is 3.27. The summed E-state index contributed by atoms with van der Waals surface area (Å²) in [6.07, 6.45) is 0.0187. The van der Waals surface area contributed by atoms with E-state index in [1.165, 1.54) is 11.3 Å². The largest absolute Gasteiger partial charge is 0.390 e. The van der Waals surface area contributed by atoms with Gasteiger partial charge in [0.2, 0.25) is 0 Å². The van der Waals surface area contributed by atoms with Gasteiger partial charge in [-0.1, -0.05) is 24.3 Å². The van der Waals surface area contributed by atoms with Gasteiger partial charge in [0.05, 0.1) is 17.8 Å². The molecule has 98 valence electrons. The Morgan fingerprint density at radius 1 is 1.32 bits per heavy atom. The van der Waals surface area contributed by atoms with Crippen molar-refractivity contribution in [3.05, 3.63) is 52.2 Å². The predicted molar refractivity (Wildman–Crippen MR) is 75.4 cm³/mol. The van der Waals surface area contributed by atoms with Crippen molar-refractivity contribution in [2.45, 2.75) is 18.6 Å². The standard InChI is InChI=1S/C14H14N2O2S/c17-12-7-9-3-1-2-4-11(9)13(12)16-14(18)15-10-5-6-19-8-10/h1-6,8,12-13,17H,7H2,(H2,15,16,18)/t12-,13+/m0/s1. The van der Waals surface area contributed by atoms with E-state index in [0.29, 0.717) is 6.42 Å². The van der Waals surface area contributed by atoms with Crippen molar-refractivity contribution in [2.24, 2.45) is 0 Å². The van der Waals surface area contributed by atoms with Gasteiger partial charge in [0.25, 0.3) is 0 Å². The minimum absolute atomic E-state index is 0.292. The highest BCUT2D eigenvalue weighted by Gasteiger charge is 2.31. The lowest BCUT2D eigenvalue weighted by molar-refractivity contribution is 0.144. The molecule has 1 heterocycles. The van der Waals surface area contributed by atoms with Crippen LogP contribution in [0.5, 0.6) is 0 Å². The van der Waals surface area contributed by atoms with Gasteiger partial charge in [-0.05, 0) is 22.6 Å². The fourth-order valence-corrected chi connectivity index (χ4v) is 2.98. The number of rotatable bonds is 2. The number of aliphatic hydroxyl groups excluding tert-OH is 1. The van der Waals surface area contributed by atoms with Gasteiger partial charge in [0.1, 0.15) is 0 Å². The Labute approximate surface area is 115 Å². The molecule has 3 N–H and O–H groups in total. The number of carbonyl (C=O) groups is 1. The maximum absolute atomic E-state index is 11.9. The van der Waals surface area contributed by atoms with Crippen LogP contribution in [-0.4, -0.2) is 17.2 Å². The van der Waals surface area contributed by atoms with Gasteiger partial charge in [-0.3, -0.25) is 0 Å². The predicted octanol–water partition coefficient (Wildman–Crippen LogP) is 2.53. The molecule has 0 aliphatic heterocycles. The highest BCUT2D eigenvalue weighted by molar-refractivity contribution is 7.08. The molecular formula is C14H14N2O2S. The molecule has 19 heavy (non-hydrogen) atoms. The smallest absolute Gasteiger partial charge is 0.319 e. The maximum Gasteiger partial charge on any atom is 0.319 e. The number of amides is 2. The fraction of sp³-hybridized carbons (Fsp3) is 0.214. The molecule has 1 aliphatic rings. The number of carbonyl (C=O) groups excluding carboxylic acids is 1. The first kappa shape index (κ1) is 12.2. The second kappa shape index (κ2) is 5.03. The molecular weight excluding hydrogens is 260 g/mol. The van der Waals surface area contributed by atoms with Gasteiger partial charge in [0.15, 0.2) is 0 Å². The summed E-state index contributed by atoms with van der Waals surface area (Å²) < 4.78 is 0. The van der Waals surface area contributed by atoms with E-state index >= 15 is 0 Å². The molecule has 0 spiro atoms. The number of thiophene rings is 1. The Bertz CT molecular complexity index is 583. The lowest BCUT2D eigenvalue weighted by Gasteiger charge is -2.18. The summed E-state index contributed by atoms with van der Waals surface area (Å²) >= 11 is 1.52. The second-order valence-corrected chi connectivity index (χ2v) is 5.34. The van der Waals surface area contributed by atoms with Gasteiger partial charge < -0.3 is 15.7 Å². The number of fused-ring (bicyclic) bond motifs is 1. The van der Waals surface area contributed by atoms with Gasteiger partial charge in [-0.15, -0.1) is 0 Å². The normalized spacial score (nSPS) is 20.9. The molecule has 0 saturated heterocycles. The number of benzene rings is 1. The van der Waals surface area contributed by atoms with E-state index in [2.05, 4.69) is 10.6 Å². The highest BCUT2D eigenvalue weighted by atomic mass is 32.1. The lowest BCUT2D eigenvalue weighted by atomic mass is 10.1. The molecule has 5 heteroatoms. The molecule has 4 nitrogen and oxygen atoms in total. The number of aliphatic hydroxyl groups is 1. The third-order valence-corrected chi connectivity index (χ3v) is 3.95. The molecule has 2 amide bonds. The summed E-state index contributed by atoms with van der Waals surface area (Å²) in [5, 5.41) is 19.4. The fourth-order valence-electron chi connectivity index (χ4n) is 2.39. The quantitative estimate of drug-likeness (QED) is 0.788. The average Bonchev–Trinajstić information content (AvgIpc) is 2.99. The van der Waals surface area contributed by atoms with Crippen LogP contribution in [0.2, 0.25) is 0 Å². The molecule has 0 bridgehead atoms. The minimum Gasteiger partial charge on any atom is -0.390 e. The van der Waals surface area contributed by atoms with Crippen LogP contribution in [0.3, 0.4) is 0 Å². The zero-order valence-electron chi connectivity index (χ0n) is 10.2. The first-order valence-electron chi connectivity index (χ1n) is 6.09. The summed E-state index contributed by atoms with van der Waals surface area (Å²) in [6.45, 7) is 0. The molecule has 2 aromatic rings. The molecule has 0 fully saturated rings. The molecule has 2 atom stereocenters. The van der Waals surface area contributed by atoms with E-state index < -0.39 is 6.10 Å². The van der Waals surface area contributed by atoms with Gasteiger partial charge in [0, 0.05) is 11.8 Å². The van der Waals surface area contributed by atoms with Gasteiger partial charge in [-0.2, -0.15) is 11.3 Å². The van der Waals surface area contributed by atoms with E-state index in [0.717, 1.165) is 16.8 Å². The van der Waals surface area contributed by atoms with Crippen molar-refractivity contribution in [2.75, 3.05) is 5.32 Å². The topological polar surface area (TPSA) is 61.4 Å². The van der Waals surface area contributed by atoms with Crippen molar-refractivity contribution < 1.29 is 9.90 Å². The van der Waals surface area contributed by atoms with Crippen molar-refractivity contribution in [1.82, 2.24) is 5.32 Å². The zero-order chi connectivity index (χ0) is 13.2. The van der Waals surface area contributed by atoms with Crippen LogP contribution >= 0.6 is 11.3 Å². The molecule has 1 aliphatic carbocycles. The first-order valence-corrected chi connectivity index (χ1v) is 7.04. The monoisotopic (exact) mass is 274 g/mol. The van der Waals surface area contributed by atoms with Crippen molar-refractivity contribution >= 4 is 23.1 Å². The van der Waals surface area contributed by atoms with Crippen LogP contribution in [0.4, 0.5) is 10.5 Å². The van der Waals surface area contributed by atoms with E-state index in [9.17, 15) is 9.90 Å². The van der Waals surface area contributed by atoms with Crippen LogP contribution in [0.15, 0.2) is 41.1 Å². The Hall–Kier alpha value is -1.85. The van der Waals surface area contributed by atoms with Gasteiger partial charge in [-0.25, -0.2) is 4.79 Å². The van der Waals surface area contributed by atoms with Crippen LogP contribution in [-0.2, 0) is 6.42 Å². The summed E-state index contributed by atoms with van der Waals surface area (Å²) in [7, 11) is 0. The highest BCUT2D eigenvalue weighted by Crippen LogP contribution is 2.31. The number of anilines is 1. The summed E-state index contributed by atoms with van der Waals surface area (Å²) in [5.74, 6) is 0. The van der Waals surface area contributed by atoms with Crippen molar-refractivity contribution in [1.29, 1.82) is 0 Å². The molecule has 1 aromatic heterocycles. The molecule has 0 radical (unpaired) electrons. The number of hydrogen-bond donors (Lipinski definition) is 3. The zero-order valence-corrected chi connectivity index (χ0v) is 11.0. The maximum atomic E-state index is 11.9. The number of hydrogen-bond acceptors (Lipinski definition) is 3. The van der Waals surface area contributed by atoms with Crippen LogP contribution in [0.1, 0.15) is 17.2 Å². The SMILES string of the molecule is O=C(Nc1ccsc1)N[C@@H]1c2ccccc2C[C@@H]1O. The summed E-state index contributed by atoms with van der Waals surface area (Å²) in [6, 6.07) is 9.00. The van der Waals surface area contributed by atoms with E-state index in [1.807, 2.05) is 41.1 Å². The molecule has 0 saturated carbocycles. The van der Waals surface area contributed by atoms with Crippen LogP contribution < -0.4 is 10.6 Å². The molecule has 1 aromatic carbocycles. The van der Waals surface area contributed by atoms with E-state index in [-0.39, 0.29) is 12.1 Å². The second-order valence-electron chi connectivity index (χ2n) is 4.56. The third kappa shape index (κ3) is 2.47. The lowest BCUT2D eigenvalue weighted by Crippen LogP contribution is -2.36. The van der Waals surface area contributed by atoms with Crippen LogP contribution in [0, 0.1) is 0 Å². The minimum atomic E-state index is -0.564. The molecule has 0 unspecified atom stereocenters. The summed E-state index contributed by atoms with van der Waals surface area (Å²) in [5.41, 5.74) is 2.86. The Morgan fingerprint density at radius 3 is 2.95 bits per heavy atom. The van der Waals surface area contributed by atoms with E-state index in [4.69, 9.17) is 0 Å². The van der Waals surface area contributed by atoms with Crippen LogP contribution in [0.25, 0.3) is 0 Å². The Balaban J connectivity index is 1.71. The Kier molecular flexibility index (Phi) is 3.23. The van der Waals surface area contributed by atoms with E-state index in [1.54, 1.807) is 0 Å². The molecule has 3 rings (SSSR count).